The molecule has 0 spiro atoms. The molecule has 0 bridgehead atoms. The van der Waals surface area contributed by atoms with Crippen molar-refractivity contribution in [3.05, 3.63) is 0 Å². The summed E-state index contributed by atoms with van der Waals surface area (Å²) in [5.41, 5.74) is 2.17. The van der Waals surface area contributed by atoms with Crippen LogP contribution in [0.2, 0.25) is 0 Å². The van der Waals surface area contributed by atoms with E-state index in [-0.39, 0.29) is 0 Å². The highest BCUT2D eigenvalue weighted by molar-refractivity contribution is 4.36. The number of rotatable bonds is 2. The first-order chi connectivity index (χ1) is 2.81. The Morgan fingerprint density at radius 1 is 2.00 bits per heavy atom. The Morgan fingerprint density at radius 3 is 2.50 bits per heavy atom. The van der Waals surface area contributed by atoms with Crippen molar-refractivity contribution in [1.29, 1.82) is 0 Å². The monoisotopic (exact) mass is 90.1 g/mol. The summed E-state index contributed by atoms with van der Waals surface area (Å²) in [6.45, 7) is 1.84. The first kappa shape index (κ1) is 5.88. The SMILES string of the molecule is CCC(O)NN. The van der Waals surface area contributed by atoms with Gasteiger partial charge in [0.25, 0.3) is 0 Å². The van der Waals surface area contributed by atoms with Crippen LogP contribution in [0.15, 0.2) is 0 Å². The summed E-state index contributed by atoms with van der Waals surface area (Å²) >= 11 is 0. The molecule has 1 atom stereocenters. The molecule has 0 saturated carbocycles. The number of aliphatic hydroxyl groups is 1. The van der Waals surface area contributed by atoms with Gasteiger partial charge in [0, 0.05) is 0 Å². The Labute approximate surface area is 37.1 Å². The van der Waals surface area contributed by atoms with Gasteiger partial charge in [0.15, 0.2) is 0 Å². The highest BCUT2D eigenvalue weighted by Gasteiger charge is 1.89. The zero-order valence-corrected chi connectivity index (χ0v) is 3.81. The zero-order valence-electron chi connectivity index (χ0n) is 3.81. The van der Waals surface area contributed by atoms with Gasteiger partial charge in [-0.1, -0.05) is 6.92 Å². The minimum absolute atomic E-state index is 0.537. The quantitative estimate of drug-likeness (QED) is 0.236. The van der Waals surface area contributed by atoms with Gasteiger partial charge in [0.2, 0.25) is 0 Å². The first-order valence-corrected chi connectivity index (χ1v) is 1.95. The molecule has 4 N–H and O–H groups in total. The van der Waals surface area contributed by atoms with Gasteiger partial charge < -0.3 is 5.11 Å². The normalized spacial score (nSPS) is 14.5. The second kappa shape index (κ2) is 3.08. The molecule has 6 heavy (non-hydrogen) atoms. The highest BCUT2D eigenvalue weighted by Crippen LogP contribution is 1.76. The molecular weight excluding hydrogens is 80.0 g/mol. The van der Waals surface area contributed by atoms with Crippen LogP contribution in [0.25, 0.3) is 0 Å². The summed E-state index contributed by atoms with van der Waals surface area (Å²) in [5.74, 6) is 4.78. The Kier molecular flexibility index (Phi) is 3.02. The lowest BCUT2D eigenvalue weighted by Crippen LogP contribution is -2.33. The molecule has 0 aromatic carbocycles. The average molecular weight is 90.1 g/mol. The van der Waals surface area contributed by atoms with E-state index in [1.54, 1.807) is 0 Å². The molecule has 0 heterocycles. The van der Waals surface area contributed by atoms with Crippen molar-refractivity contribution < 1.29 is 5.11 Å². The highest BCUT2D eigenvalue weighted by atomic mass is 16.3. The number of hydrazine groups is 1. The van der Waals surface area contributed by atoms with Crippen molar-refractivity contribution in [3.63, 3.8) is 0 Å². The van der Waals surface area contributed by atoms with Crippen LogP contribution in [0, 0.1) is 0 Å². The molecule has 0 aliphatic carbocycles. The first-order valence-electron chi connectivity index (χ1n) is 1.95. The maximum absolute atomic E-state index is 8.43. The van der Waals surface area contributed by atoms with E-state index in [0.29, 0.717) is 6.42 Å². The molecule has 1 unspecified atom stereocenters. The van der Waals surface area contributed by atoms with Crippen molar-refractivity contribution in [3.8, 4) is 0 Å². The smallest absolute Gasteiger partial charge is 0.116 e. The van der Waals surface area contributed by atoms with Gasteiger partial charge in [-0.15, -0.1) is 0 Å². The fraction of sp³-hybridized carbons (Fsp3) is 1.00. The van der Waals surface area contributed by atoms with Crippen LogP contribution in [-0.4, -0.2) is 11.3 Å². The van der Waals surface area contributed by atoms with Gasteiger partial charge in [-0.3, -0.25) is 5.84 Å². The van der Waals surface area contributed by atoms with E-state index >= 15 is 0 Å². The van der Waals surface area contributed by atoms with Crippen LogP contribution in [0.4, 0.5) is 0 Å². The Bertz CT molecular complexity index is 28.0. The van der Waals surface area contributed by atoms with Crippen LogP contribution >= 0.6 is 0 Å². The Balaban J connectivity index is 2.75. The van der Waals surface area contributed by atoms with Gasteiger partial charge in [0.1, 0.15) is 6.23 Å². The summed E-state index contributed by atoms with van der Waals surface area (Å²) in [7, 11) is 0. The average Bonchev–Trinajstić information content (AvgIpc) is 1.65. The molecule has 0 radical (unpaired) electrons. The fourth-order valence-corrected chi connectivity index (χ4v) is 0.118. The Morgan fingerprint density at radius 2 is 2.50 bits per heavy atom. The van der Waals surface area contributed by atoms with E-state index < -0.39 is 6.23 Å². The van der Waals surface area contributed by atoms with E-state index in [0.717, 1.165) is 0 Å². The lowest BCUT2D eigenvalue weighted by molar-refractivity contribution is 0.134. The number of aliphatic hydroxyl groups excluding tert-OH is 1. The van der Waals surface area contributed by atoms with Gasteiger partial charge in [-0.2, -0.15) is 0 Å². The third-order valence-corrected chi connectivity index (χ3v) is 0.579. The van der Waals surface area contributed by atoms with E-state index in [1.165, 1.54) is 0 Å². The summed E-state index contributed by atoms with van der Waals surface area (Å²) < 4.78 is 0. The number of hydrogen-bond donors (Lipinski definition) is 3. The molecule has 3 heteroatoms. The van der Waals surface area contributed by atoms with Crippen molar-refractivity contribution in [2.24, 2.45) is 5.84 Å². The van der Waals surface area contributed by atoms with Crippen LogP contribution in [0.1, 0.15) is 13.3 Å². The molecule has 0 aromatic rings. The topological polar surface area (TPSA) is 58.3 Å². The molecule has 0 rings (SSSR count). The standard InChI is InChI=1S/C3H10N2O/c1-2-3(6)5-4/h3,5-6H,2,4H2,1H3. The van der Waals surface area contributed by atoms with Gasteiger partial charge in [-0.05, 0) is 6.42 Å². The third-order valence-electron chi connectivity index (χ3n) is 0.579. The van der Waals surface area contributed by atoms with Crippen molar-refractivity contribution in [2.45, 2.75) is 19.6 Å². The zero-order chi connectivity index (χ0) is 4.99. The number of nitrogens with two attached hydrogens (primary N) is 1. The molecule has 0 fully saturated rings. The number of nitrogens with one attached hydrogen (secondary N) is 1. The van der Waals surface area contributed by atoms with Crippen LogP contribution < -0.4 is 11.3 Å². The van der Waals surface area contributed by atoms with Crippen LogP contribution in [0.5, 0.6) is 0 Å². The van der Waals surface area contributed by atoms with Crippen molar-refractivity contribution in [2.75, 3.05) is 0 Å². The maximum Gasteiger partial charge on any atom is 0.116 e. The molecule has 3 nitrogen and oxygen atoms in total. The van der Waals surface area contributed by atoms with Crippen molar-refractivity contribution >= 4 is 0 Å². The fourth-order valence-electron chi connectivity index (χ4n) is 0.118. The minimum atomic E-state index is -0.537. The molecule has 38 valence electrons. The molecule has 0 saturated heterocycles. The summed E-state index contributed by atoms with van der Waals surface area (Å²) in [5, 5.41) is 8.43. The Hall–Kier alpha value is -0.120. The third kappa shape index (κ3) is 2.14. The second-order valence-corrected chi connectivity index (χ2v) is 1.09. The minimum Gasteiger partial charge on any atom is -0.377 e. The number of hydrogen-bond acceptors (Lipinski definition) is 3. The predicted octanol–water partition coefficient (Wildman–Crippen LogP) is -0.822. The molecule has 0 aliphatic heterocycles. The molecular formula is C3H10N2O. The second-order valence-electron chi connectivity index (χ2n) is 1.09. The van der Waals surface area contributed by atoms with Gasteiger partial charge >= 0.3 is 0 Å². The summed E-state index contributed by atoms with van der Waals surface area (Å²) in [4.78, 5) is 0. The van der Waals surface area contributed by atoms with Crippen molar-refractivity contribution in [1.82, 2.24) is 5.43 Å². The largest absolute Gasteiger partial charge is 0.377 e. The van der Waals surface area contributed by atoms with Crippen LogP contribution in [0.3, 0.4) is 0 Å². The van der Waals surface area contributed by atoms with E-state index in [4.69, 9.17) is 10.9 Å². The molecule has 0 aromatic heterocycles. The summed E-state index contributed by atoms with van der Waals surface area (Å²) in [6, 6.07) is 0. The van der Waals surface area contributed by atoms with E-state index in [1.807, 2.05) is 6.92 Å². The van der Waals surface area contributed by atoms with E-state index in [9.17, 15) is 0 Å². The summed E-state index contributed by atoms with van der Waals surface area (Å²) in [6.07, 6.45) is 0.112. The lowest BCUT2D eigenvalue weighted by atomic mass is 10.4. The molecule has 0 amide bonds. The van der Waals surface area contributed by atoms with Gasteiger partial charge in [0.05, 0.1) is 0 Å². The van der Waals surface area contributed by atoms with E-state index in [2.05, 4.69) is 5.43 Å². The lowest BCUT2D eigenvalue weighted by Gasteiger charge is -2.01. The maximum atomic E-state index is 8.43. The van der Waals surface area contributed by atoms with Crippen LogP contribution in [-0.2, 0) is 0 Å². The predicted molar refractivity (Wildman–Crippen MR) is 23.6 cm³/mol. The molecule has 0 aliphatic rings. The van der Waals surface area contributed by atoms with Gasteiger partial charge in [-0.25, -0.2) is 5.43 Å².